The van der Waals surface area contributed by atoms with Crippen molar-refractivity contribution in [3.8, 4) is 0 Å². The second kappa shape index (κ2) is 5.49. The first kappa shape index (κ1) is 13.2. The summed E-state index contributed by atoms with van der Waals surface area (Å²) in [6.45, 7) is 14.3. The maximum Gasteiger partial charge on any atom is 0.0347 e. The highest BCUT2D eigenvalue weighted by molar-refractivity contribution is 5.25. The predicted molar refractivity (Wildman–Crippen MR) is 72.6 cm³/mol. The number of allylic oxidation sites excluding steroid dienone is 3. The number of hydrogen-bond donors (Lipinski definition) is 0. The van der Waals surface area contributed by atoms with E-state index in [1.807, 2.05) is 13.0 Å². The van der Waals surface area contributed by atoms with E-state index in [0.717, 1.165) is 0 Å². The molecule has 1 fully saturated rings. The van der Waals surface area contributed by atoms with Crippen LogP contribution in [0.4, 0.5) is 0 Å². The monoisotopic (exact) mass is 219 g/mol. The number of rotatable bonds is 3. The summed E-state index contributed by atoms with van der Waals surface area (Å²) in [4.78, 5) is 2.56. The molecule has 1 atom stereocenters. The number of likely N-dealkylation sites (tertiary alicyclic amines) is 1. The van der Waals surface area contributed by atoms with Gasteiger partial charge in [0, 0.05) is 11.6 Å². The smallest absolute Gasteiger partial charge is 0.0347 e. The molecule has 1 aliphatic heterocycles. The van der Waals surface area contributed by atoms with E-state index < -0.39 is 0 Å². The number of nitrogens with zero attached hydrogens (tertiary/aromatic N) is 1. The van der Waals surface area contributed by atoms with Gasteiger partial charge in [0.2, 0.25) is 0 Å². The minimum absolute atomic E-state index is 0.249. The molecule has 0 aromatic heterocycles. The van der Waals surface area contributed by atoms with Crippen molar-refractivity contribution in [2.45, 2.75) is 52.1 Å². The Morgan fingerprint density at radius 1 is 1.31 bits per heavy atom. The molecule has 1 saturated heterocycles. The van der Waals surface area contributed by atoms with Gasteiger partial charge in [-0.1, -0.05) is 30.9 Å². The van der Waals surface area contributed by atoms with Gasteiger partial charge in [-0.2, -0.15) is 0 Å². The highest BCUT2D eigenvalue weighted by atomic mass is 15.2. The van der Waals surface area contributed by atoms with E-state index >= 15 is 0 Å². The minimum Gasteiger partial charge on any atom is -0.292 e. The van der Waals surface area contributed by atoms with Crippen LogP contribution >= 0.6 is 0 Å². The van der Waals surface area contributed by atoms with E-state index in [1.165, 1.54) is 25.0 Å². The lowest BCUT2D eigenvalue weighted by Gasteiger charge is -2.37. The molecule has 1 heteroatoms. The molecule has 0 aromatic rings. The van der Waals surface area contributed by atoms with Crippen molar-refractivity contribution in [2.24, 2.45) is 0 Å². The van der Waals surface area contributed by atoms with E-state index in [2.05, 4.69) is 50.5 Å². The van der Waals surface area contributed by atoms with E-state index in [1.54, 1.807) is 0 Å². The molecule has 16 heavy (non-hydrogen) atoms. The van der Waals surface area contributed by atoms with Gasteiger partial charge in [0.1, 0.15) is 0 Å². The molecule has 1 rings (SSSR count). The van der Waals surface area contributed by atoms with E-state index in [0.29, 0.717) is 6.04 Å². The molecule has 1 aliphatic rings. The van der Waals surface area contributed by atoms with Gasteiger partial charge in [-0.3, -0.25) is 4.90 Å². The maximum atomic E-state index is 4.21. The van der Waals surface area contributed by atoms with Gasteiger partial charge in [0.05, 0.1) is 0 Å². The van der Waals surface area contributed by atoms with Gasteiger partial charge < -0.3 is 0 Å². The molecule has 0 unspecified atom stereocenters. The Morgan fingerprint density at radius 2 is 2.00 bits per heavy atom. The van der Waals surface area contributed by atoms with Crippen LogP contribution in [0.1, 0.15) is 40.5 Å². The normalized spacial score (nSPS) is 23.6. The van der Waals surface area contributed by atoms with Gasteiger partial charge in [0.15, 0.2) is 0 Å². The van der Waals surface area contributed by atoms with Crippen LogP contribution in [0, 0.1) is 0 Å². The van der Waals surface area contributed by atoms with Crippen molar-refractivity contribution in [3.05, 3.63) is 36.5 Å². The van der Waals surface area contributed by atoms with Gasteiger partial charge in [-0.25, -0.2) is 0 Å². The van der Waals surface area contributed by atoms with Crippen molar-refractivity contribution in [1.82, 2.24) is 4.90 Å². The zero-order valence-corrected chi connectivity index (χ0v) is 11.2. The summed E-state index contributed by atoms with van der Waals surface area (Å²) in [6.07, 6.45) is 10.9. The third-order valence-corrected chi connectivity index (χ3v) is 3.16. The molecule has 0 aliphatic carbocycles. The van der Waals surface area contributed by atoms with Crippen LogP contribution in [0.3, 0.4) is 0 Å². The van der Waals surface area contributed by atoms with Gasteiger partial charge in [-0.05, 0) is 52.7 Å². The molecule has 0 N–H and O–H groups in total. The summed E-state index contributed by atoms with van der Waals surface area (Å²) >= 11 is 0. The Balaban J connectivity index is 2.68. The van der Waals surface area contributed by atoms with Crippen molar-refractivity contribution >= 4 is 0 Å². The number of hydrogen-bond acceptors (Lipinski definition) is 1. The van der Waals surface area contributed by atoms with Gasteiger partial charge >= 0.3 is 0 Å². The molecule has 0 amide bonds. The van der Waals surface area contributed by atoms with Crippen LogP contribution < -0.4 is 0 Å². The zero-order valence-electron chi connectivity index (χ0n) is 11.2. The molecular formula is C15H25N. The summed E-state index contributed by atoms with van der Waals surface area (Å²) in [5.41, 5.74) is 1.49. The Morgan fingerprint density at radius 3 is 2.56 bits per heavy atom. The van der Waals surface area contributed by atoms with Crippen molar-refractivity contribution in [2.75, 3.05) is 6.54 Å². The molecule has 0 radical (unpaired) electrons. The lowest BCUT2D eigenvalue weighted by atomic mass is 10.00. The zero-order chi connectivity index (χ0) is 12.2. The van der Waals surface area contributed by atoms with E-state index in [9.17, 15) is 0 Å². The highest BCUT2D eigenvalue weighted by Gasteiger charge is 2.33. The third kappa shape index (κ3) is 3.34. The van der Waals surface area contributed by atoms with E-state index in [4.69, 9.17) is 0 Å². The molecule has 1 nitrogen and oxygen atoms in total. The molecule has 1 heterocycles. The summed E-state index contributed by atoms with van der Waals surface area (Å²) in [7, 11) is 0. The molecule has 0 bridgehead atoms. The Bertz CT molecular complexity index is 291. The predicted octanol–water partition coefficient (Wildman–Crippen LogP) is 3.94. The standard InChI is InChI=1S/C15H25N/c1-6-7-8-10-13(2)14-11-9-12-16(14)15(3,4)5/h6-8,10,14H,2,9,11-12H2,1,3-5H3/b7-6-,10-8-/t14-/m1/s1. The minimum atomic E-state index is 0.249. The fraction of sp³-hybridized carbons (Fsp3) is 0.600. The van der Waals surface area contributed by atoms with Crippen molar-refractivity contribution < 1.29 is 0 Å². The Labute approximate surface area is 101 Å². The lowest BCUT2D eigenvalue weighted by molar-refractivity contribution is 0.140. The fourth-order valence-corrected chi connectivity index (χ4v) is 2.36. The first-order valence-corrected chi connectivity index (χ1v) is 6.21. The maximum absolute atomic E-state index is 4.21. The van der Waals surface area contributed by atoms with Crippen LogP contribution in [0.5, 0.6) is 0 Å². The summed E-state index contributed by atoms with van der Waals surface area (Å²) in [5, 5.41) is 0. The Hall–Kier alpha value is -0.820. The molecular weight excluding hydrogens is 194 g/mol. The quantitative estimate of drug-likeness (QED) is 0.650. The summed E-state index contributed by atoms with van der Waals surface area (Å²) in [6, 6.07) is 0.529. The molecule has 0 saturated carbocycles. The van der Waals surface area contributed by atoms with Crippen LogP contribution in [-0.2, 0) is 0 Å². The Kier molecular flexibility index (Phi) is 4.55. The summed E-state index contributed by atoms with van der Waals surface area (Å²) in [5.74, 6) is 0. The highest BCUT2D eigenvalue weighted by Crippen LogP contribution is 2.30. The molecule has 0 aromatic carbocycles. The summed E-state index contributed by atoms with van der Waals surface area (Å²) < 4.78 is 0. The fourth-order valence-electron chi connectivity index (χ4n) is 2.36. The van der Waals surface area contributed by atoms with Crippen molar-refractivity contribution in [3.63, 3.8) is 0 Å². The molecule has 90 valence electrons. The van der Waals surface area contributed by atoms with E-state index in [-0.39, 0.29) is 5.54 Å². The topological polar surface area (TPSA) is 3.24 Å². The van der Waals surface area contributed by atoms with Crippen LogP contribution in [0.15, 0.2) is 36.5 Å². The van der Waals surface area contributed by atoms with Crippen molar-refractivity contribution in [1.29, 1.82) is 0 Å². The van der Waals surface area contributed by atoms with Gasteiger partial charge in [-0.15, -0.1) is 0 Å². The third-order valence-electron chi connectivity index (χ3n) is 3.16. The lowest BCUT2D eigenvalue weighted by Crippen LogP contribution is -2.44. The SMILES string of the molecule is C=C(/C=C\C=C/C)[C@H]1CCCN1C(C)(C)C. The first-order chi connectivity index (χ1) is 7.46. The second-order valence-electron chi connectivity index (χ2n) is 5.48. The van der Waals surface area contributed by atoms with Gasteiger partial charge in [0.25, 0.3) is 0 Å². The van der Waals surface area contributed by atoms with Crippen LogP contribution in [0.25, 0.3) is 0 Å². The second-order valence-corrected chi connectivity index (χ2v) is 5.48. The van der Waals surface area contributed by atoms with Crippen LogP contribution in [-0.4, -0.2) is 23.0 Å². The average Bonchev–Trinajstić information content (AvgIpc) is 2.65. The largest absolute Gasteiger partial charge is 0.292 e. The van der Waals surface area contributed by atoms with Crippen LogP contribution in [0.2, 0.25) is 0 Å². The molecule has 0 spiro atoms. The first-order valence-electron chi connectivity index (χ1n) is 6.21. The average molecular weight is 219 g/mol.